The predicted molar refractivity (Wildman–Crippen MR) is 90.4 cm³/mol. The second-order valence-electron chi connectivity index (χ2n) is 4.72. The van der Waals surface area contributed by atoms with Crippen LogP contribution in [0.15, 0.2) is 75.4 Å². The molecule has 0 aromatic heterocycles. The first-order valence-electron chi connectivity index (χ1n) is 6.89. The molecule has 0 aliphatic rings. The predicted octanol–water partition coefficient (Wildman–Crippen LogP) is 0.767. The molecule has 0 radical (unpaired) electrons. The normalized spacial score (nSPS) is 11.1. The SMILES string of the molecule is [N-]=[N+]=N/C(C(=O)c1ccccc1)=C(/N=[N+]=[N-])c1ccccc1S(=O)(=O)[O-].[Na+]. The third-order valence-corrected chi connectivity index (χ3v) is 4.07. The van der Waals surface area contributed by atoms with Gasteiger partial charge in [0.05, 0.1) is 16.3 Å². The molecule has 0 amide bonds. The molecule has 0 fully saturated rings. The zero-order chi connectivity index (χ0) is 19.2. The van der Waals surface area contributed by atoms with Gasteiger partial charge in [0.15, 0.2) is 5.78 Å². The van der Waals surface area contributed by atoms with Crippen LogP contribution in [-0.2, 0) is 10.1 Å². The van der Waals surface area contributed by atoms with Gasteiger partial charge in [-0.05, 0) is 17.1 Å². The molecule has 0 saturated heterocycles. The molecule has 130 valence electrons. The Hall–Kier alpha value is -2.62. The zero-order valence-corrected chi connectivity index (χ0v) is 16.7. The average molecular weight is 392 g/mol. The van der Waals surface area contributed by atoms with E-state index in [-0.39, 0.29) is 40.7 Å². The van der Waals surface area contributed by atoms with Crippen molar-refractivity contribution in [1.29, 1.82) is 0 Å². The van der Waals surface area contributed by atoms with E-state index in [9.17, 15) is 17.8 Å². The Bertz CT molecular complexity index is 1090. The summed E-state index contributed by atoms with van der Waals surface area (Å²) in [5, 5.41) is 6.57. The van der Waals surface area contributed by atoms with Gasteiger partial charge in [-0.3, -0.25) is 4.79 Å². The van der Waals surface area contributed by atoms with Gasteiger partial charge < -0.3 is 4.55 Å². The van der Waals surface area contributed by atoms with Crippen LogP contribution in [0.25, 0.3) is 26.6 Å². The third kappa shape index (κ3) is 5.43. The monoisotopic (exact) mass is 392 g/mol. The summed E-state index contributed by atoms with van der Waals surface area (Å²) in [4.78, 5) is 17.0. The van der Waals surface area contributed by atoms with Gasteiger partial charge in [-0.2, -0.15) is 0 Å². The van der Waals surface area contributed by atoms with E-state index in [2.05, 4.69) is 20.1 Å². The topological polar surface area (TPSA) is 172 Å². The van der Waals surface area contributed by atoms with Gasteiger partial charge in [-0.1, -0.05) is 58.8 Å². The van der Waals surface area contributed by atoms with Crippen molar-refractivity contribution in [3.63, 3.8) is 0 Å². The van der Waals surface area contributed by atoms with Crippen molar-refractivity contribution < 1.29 is 47.3 Å². The maximum absolute atomic E-state index is 12.7. The molecule has 0 aliphatic heterocycles. The van der Waals surface area contributed by atoms with Crippen LogP contribution in [0.1, 0.15) is 15.9 Å². The maximum Gasteiger partial charge on any atom is 1.00 e. The quantitative estimate of drug-likeness (QED) is 0.134. The van der Waals surface area contributed by atoms with Gasteiger partial charge >= 0.3 is 29.6 Å². The van der Waals surface area contributed by atoms with Crippen LogP contribution in [-0.4, -0.2) is 18.8 Å². The van der Waals surface area contributed by atoms with Crippen LogP contribution in [0, 0.1) is 0 Å². The molecular weight excluding hydrogens is 383 g/mol. The van der Waals surface area contributed by atoms with Crippen LogP contribution in [0.5, 0.6) is 0 Å². The number of ketones is 1. The summed E-state index contributed by atoms with van der Waals surface area (Å²) >= 11 is 0. The largest absolute Gasteiger partial charge is 1.00 e. The van der Waals surface area contributed by atoms with Gasteiger partial charge in [0.1, 0.15) is 10.1 Å². The van der Waals surface area contributed by atoms with E-state index < -0.39 is 32.2 Å². The summed E-state index contributed by atoms with van der Waals surface area (Å²) in [5.41, 5.74) is 16.2. The Morgan fingerprint density at radius 1 is 0.926 bits per heavy atom. The fraction of sp³-hybridized carbons (Fsp3) is 0. The number of hydrogen-bond acceptors (Lipinski definition) is 6. The minimum atomic E-state index is -4.95. The van der Waals surface area contributed by atoms with Crippen molar-refractivity contribution in [2.45, 2.75) is 4.90 Å². The summed E-state index contributed by atoms with van der Waals surface area (Å²) in [7, 11) is -4.95. The maximum atomic E-state index is 12.7. The number of rotatable bonds is 6. The van der Waals surface area contributed by atoms with Gasteiger partial charge in [0, 0.05) is 21.0 Å². The number of allylic oxidation sites excluding steroid dienone is 1. The summed E-state index contributed by atoms with van der Waals surface area (Å²) in [5.74, 6) is -0.802. The van der Waals surface area contributed by atoms with E-state index >= 15 is 0 Å². The van der Waals surface area contributed by atoms with Gasteiger partial charge in [-0.25, -0.2) is 8.42 Å². The number of azide groups is 2. The molecule has 12 heteroatoms. The van der Waals surface area contributed by atoms with Crippen molar-refractivity contribution >= 4 is 21.6 Å². The number of Topliss-reactive ketones (excluding diaryl/α,β-unsaturated/α-hetero) is 1. The molecule has 0 N–H and O–H groups in total. The minimum Gasteiger partial charge on any atom is -0.744 e. The molecule has 0 saturated carbocycles. The van der Waals surface area contributed by atoms with Gasteiger partial charge in [0.25, 0.3) is 0 Å². The van der Waals surface area contributed by atoms with Crippen LogP contribution in [0.2, 0.25) is 0 Å². The van der Waals surface area contributed by atoms with Gasteiger partial charge in [0.2, 0.25) is 0 Å². The number of carbonyl (C=O) groups excluding carboxylic acids is 1. The Morgan fingerprint density at radius 2 is 1.48 bits per heavy atom. The summed E-state index contributed by atoms with van der Waals surface area (Å²) in [6.45, 7) is 0. The zero-order valence-electron chi connectivity index (χ0n) is 13.9. The van der Waals surface area contributed by atoms with Crippen LogP contribution >= 0.6 is 0 Å². The Balaban J connectivity index is 0.00000364. The smallest absolute Gasteiger partial charge is 0.744 e. The molecule has 0 heterocycles. The van der Waals surface area contributed by atoms with Crippen molar-refractivity contribution in [2.75, 3.05) is 0 Å². The second-order valence-corrected chi connectivity index (χ2v) is 6.07. The summed E-state index contributed by atoms with van der Waals surface area (Å²) < 4.78 is 34.4. The summed E-state index contributed by atoms with van der Waals surface area (Å²) in [6, 6.07) is 12.4. The van der Waals surface area contributed by atoms with Gasteiger partial charge in [-0.15, -0.1) is 0 Å². The number of benzene rings is 2. The molecule has 2 aromatic carbocycles. The average Bonchev–Trinajstić information content (AvgIpc) is 2.64. The Morgan fingerprint density at radius 3 is 2.04 bits per heavy atom. The van der Waals surface area contributed by atoms with E-state index in [0.29, 0.717) is 0 Å². The molecule has 10 nitrogen and oxygen atoms in total. The van der Waals surface area contributed by atoms with Crippen LogP contribution < -0.4 is 29.6 Å². The fourth-order valence-corrected chi connectivity index (χ4v) is 2.80. The molecule has 2 aromatic rings. The molecular formula is C15H9N6NaO4S. The molecule has 0 spiro atoms. The first-order chi connectivity index (χ1) is 12.4. The second kappa shape index (κ2) is 9.91. The van der Waals surface area contributed by atoms with Crippen LogP contribution in [0.4, 0.5) is 0 Å². The van der Waals surface area contributed by atoms with Crippen molar-refractivity contribution in [3.8, 4) is 0 Å². The summed E-state index contributed by atoms with van der Waals surface area (Å²) in [6.07, 6.45) is 0. The van der Waals surface area contributed by atoms with E-state index in [4.69, 9.17) is 11.1 Å². The van der Waals surface area contributed by atoms with Crippen LogP contribution in [0.3, 0.4) is 0 Å². The number of hydrogen-bond donors (Lipinski definition) is 0. The molecule has 0 unspecified atom stereocenters. The molecule has 0 aliphatic carbocycles. The Labute approximate surface area is 175 Å². The fourth-order valence-electron chi connectivity index (χ4n) is 2.13. The molecule has 2 rings (SSSR count). The van der Waals surface area contributed by atoms with E-state index in [0.717, 1.165) is 6.07 Å². The standard InChI is InChI=1S/C15H10N6O4S.Na/c16-20-18-13(11-8-4-5-9-12(11)26(23,24)25)14(19-21-17)15(22)10-6-2-1-3-7-10;/h1-9H,(H,23,24,25);/q;+1/p-1/b14-13+;. The molecule has 0 bridgehead atoms. The number of carbonyl (C=O) groups is 1. The van der Waals surface area contributed by atoms with Crippen molar-refractivity contribution in [2.24, 2.45) is 10.2 Å². The third-order valence-electron chi connectivity index (χ3n) is 3.18. The van der Waals surface area contributed by atoms with E-state index in [1.807, 2.05) is 0 Å². The molecule has 0 atom stereocenters. The first kappa shape index (κ1) is 22.4. The number of nitrogens with zero attached hydrogens (tertiary/aromatic N) is 6. The molecule has 27 heavy (non-hydrogen) atoms. The van der Waals surface area contributed by atoms with Crippen molar-refractivity contribution in [3.05, 3.63) is 92.3 Å². The minimum absolute atomic E-state index is 0. The Kier molecular flexibility index (Phi) is 8.23. The first-order valence-corrected chi connectivity index (χ1v) is 8.30. The van der Waals surface area contributed by atoms with E-state index in [1.165, 1.54) is 30.3 Å². The van der Waals surface area contributed by atoms with E-state index in [1.54, 1.807) is 18.2 Å². The van der Waals surface area contributed by atoms with Crippen molar-refractivity contribution in [1.82, 2.24) is 0 Å².